The number of carbonyl (C=O) groups is 1. The standard InChI is InChI=1S/C17H15N3O2S/c21-17(14-8-13(19-20-14)16-6-3-7-23-16)18-9-11-10-22-15-5-2-1-4-12(11)15/h1-8,11H,9-10H2,(H,18,21)(H,19,20)/t11-/m1/s1. The quantitative estimate of drug-likeness (QED) is 0.775. The topological polar surface area (TPSA) is 67.0 Å². The second-order valence-electron chi connectivity index (χ2n) is 5.40. The predicted molar refractivity (Wildman–Crippen MR) is 88.9 cm³/mol. The number of hydrogen-bond acceptors (Lipinski definition) is 4. The third-order valence-corrected chi connectivity index (χ3v) is 4.81. The van der Waals surface area contributed by atoms with Gasteiger partial charge in [0, 0.05) is 18.0 Å². The Labute approximate surface area is 137 Å². The molecule has 3 heterocycles. The molecule has 6 heteroatoms. The largest absolute Gasteiger partial charge is 0.493 e. The van der Waals surface area contributed by atoms with E-state index < -0.39 is 0 Å². The van der Waals surface area contributed by atoms with Crippen LogP contribution in [0, 0.1) is 0 Å². The maximum Gasteiger partial charge on any atom is 0.271 e. The average molecular weight is 325 g/mol. The van der Waals surface area contributed by atoms with E-state index in [1.807, 2.05) is 41.8 Å². The zero-order chi connectivity index (χ0) is 15.6. The fourth-order valence-electron chi connectivity index (χ4n) is 2.70. The number of fused-ring (bicyclic) bond motifs is 1. The van der Waals surface area contributed by atoms with Crippen molar-refractivity contribution in [3.8, 4) is 16.3 Å². The number of aromatic nitrogens is 2. The molecule has 0 saturated heterocycles. The van der Waals surface area contributed by atoms with Gasteiger partial charge in [-0.1, -0.05) is 24.3 Å². The van der Waals surface area contributed by atoms with Crippen LogP contribution < -0.4 is 10.1 Å². The lowest BCUT2D eigenvalue weighted by Crippen LogP contribution is -2.29. The lowest BCUT2D eigenvalue weighted by Gasteiger charge is -2.09. The van der Waals surface area contributed by atoms with E-state index in [9.17, 15) is 4.79 Å². The molecule has 2 N–H and O–H groups in total. The fraction of sp³-hybridized carbons (Fsp3) is 0.176. The number of ether oxygens (including phenoxy) is 1. The van der Waals surface area contributed by atoms with E-state index in [4.69, 9.17) is 4.74 Å². The number of thiophene rings is 1. The van der Waals surface area contributed by atoms with E-state index in [-0.39, 0.29) is 11.8 Å². The monoisotopic (exact) mass is 325 g/mol. The molecule has 0 bridgehead atoms. The van der Waals surface area contributed by atoms with Gasteiger partial charge in [-0.2, -0.15) is 5.10 Å². The Kier molecular flexibility index (Phi) is 3.59. The Bertz CT molecular complexity index is 826. The van der Waals surface area contributed by atoms with E-state index in [1.165, 1.54) is 0 Å². The number of H-pyrrole nitrogens is 1. The maximum absolute atomic E-state index is 12.3. The van der Waals surface area contributed by atoms with E-state index in [0.717, 1.165) is 21.9 Å². The molecule has 23 heavy (non-hydrogen) atoms. The lowest BCUT2D eigenvalue weighted by atomic mass is 10.0. The number of para-hydroxylation sites is 1. The van der Waals surface area contributed by atoms with Crippen molar-refractivity contribution in [2.45, 2.75) is 5.92 Å². The highest BCUT2D eigenvalue weighted by atomic mass is 32.1. The summed E-state index contributed by atoms with van der Waals surface area (Å²) in [5.74, 6) is 0.922. The number of nitrogens with zero attached hydrogens (tertiary/aromatic N) is 1. The minimum absolute atomic E-state index is 0.173. The fourth-order valence-corrected chi connectivity index (χ4v) is 3.39. The summed E-state index contributed by atoms with van der Waals surface area (Å²) >= 11 is 1.61. The summed E-state index contributed by atoms with van der Waals surface area (Å²) < 4.78 is 5.63. The molecule has 1 aliphatic rings. The van der Waals surface area contributed by atoms with Crippen LogP contribution in [0.2, 0.25) is 0 Å². The minimum Gasteiger partial charge on any atom is -0.493 e. The summed E-state index contributed by atoms with van der Waals surface area (Å²) in [4.78, 5) is 13.3. The second-order valence-corrected chi connectivity index (χ2v) is 6.35. The first kappa shape index (κ1) is 14.0. The van der Waals surface area contributed by atoms with Gasteiger partial charge in [-0.15, -0.1) is 11.3 Å². The Morgan fingerprint density at radius 2 is 2.26 bits per heavy atom. The van der Waals surface area contributed by atoms with Crippen LogP contribution in [0.5, 0.6) is 5.75 Å². The van der Waals surface area contributed by atoms with Crippen LogP contribution in [0.25, 0.3) is 10.6 Å². The highest BCUT2D eigenvalue weighted by Gasteiger charge is 2.24. The Morgan fingerprint density at radius 1 is 1.35 bits per heavy atom. The minimum atomic E-state index is -0.173. The molecule has 1 atom stereocenters. The number of aromatic amines is 1. The highest BCUT2D eigenvalue weighted by Crippen LogP contribution is 2.32. The molecule has 0 spiro atoms. The number of hydrogen-bond donors (Lipinski definition) is 2. The van der Waals surface area contributed by atoms with Gasteiger partial charge in [0.2, 0.25) is 0 Å². The van der Waals surface area contributed by atoms with Crippen LogP contribution in [0.1, 0.15) is 22.0 Å². The van der Waals surface area contributed by atoms with Gasteiger partial charge in [0.1, 0.15) is 5.75 Å². The molecule has 0 fully saturated rings. The normalized spacial score (nSPS) is 15.9. The van der Waals surface area contributed by atoms with E-state index >= 15 is 0 Å². The van der Waals surface area contributed by atoms with Crippen LogP contribution in [-0.4, -0.2) is 29.3 Å². The molecule has 3 aromatic rings. The van der Waals surface area contributed by atoms with Gasteiger partial charge in [0.25, 0.3) is 5.91 Å². The summed E-state index contributed by atoms with van der Waals surface area (Å²) in [5.41, 5.74) is 2.41. The van der Waals surface area contributed by atoms with Crippen molar-refractivity contribution in [1.29, 1.82) is 0 Å². The predicted octanol–water partition coefficient (Wildman–Crippen LogP) is 3.04. The van der Waals surface area contributed by atoms with E-state index in [2.05, 4.69) is 15.5 Å². The van der Waals surface area contributed by atoms with Crippen LogP contribution in [0.3, 0.4) is 0 Å². The molecule has 1 aromatic carbocycles. The molecule has 0 saturated carbocycles. The first-order chi connectivity index (χ1) is 11.3. The molecule has 116 valence electrons. The zero-order valence-corrected chi connectivity index (χ0v) is 13.1. The molecule has 2 aromatic heterocycles. The van der Waals surface area contributed by atoms with Gasteiger partial charge in [-0.3, -0.25) is 9.89 Å². The molecule has 0 radical (unpaired) electrons. The van der Waals surface area contributed by atoms with Gasteiger partial charge in [-0.05, 0) is 23.6 Å². The number of carbonyl (C=O) groups excluding carboxylic acids is 1. The van der Waals surface area contributed by atoms with Crippen molar-refractivity contribution in [3.63, 3.8) is 0 Å². The summed E-state index contributed by atoms with van der Waals surface area (Å²) in [6.45, 7) is 1.14. The van der Waals surface area contributed by atoms with Crippen molar-refractivity contribution >= 4 is 17.2 Å². The van der Waals surface area contributed by atoms with E-state index in [1.54, 1.807) is 17.4 Å². The second kappa shape index (κ2) is 5.89. The number of rotatable bonds is 4. The molecular weight excluding hydrogens is 310 g/mol. The SMILES string of the molecule is O=C(NC[C@@H]1COc2ccccc21)c1cc(-c2cccs2)[nH]n1. The van der Waals surface area contributed by atoms with E-state index in [0.29, 0.717) is 18.8 Å². The molecular formula is C17H15N3O2S. The van der Waals surface area contributed by atoms with Crippen LogP contribution >= 0.6 is 11.3 Å². The van der Waals surface area contributed by atoms with Gasteiger partial charge in [-0.25, -0.2) is 0 Å². The van der Waals surface area contributed by atoms with Gasteiger partial charge in [0.05, 0.1) is 17.2 Å². The Balaban J connectivity index is 1.41. The number of amides is 1. The summed E-state index contributed by atoms with van der Waals surface area (Å²) in [7, 11) is 0. The average Bonchev–Trinajstić information content (AvgIpc) is 3.31. The third kappa shape index (κ3) is 2.73. The lowest BCUT2D eigenvalue weighted by molar-refractivity contribution is 0.0945. The molecule has 1 amide bonds. The molecule has 0 aliphatic carbocycles. The van der Waals surface area contributed by atoms with Gasteiger partial charge >= 0.3 is 0 Å². The smallest absolute Gasteiger partial charge is 0.271 e. The van der Waals surface area contributed by atoms with Crippen molar-refractivity contribution < 1.29 is 9.53 Å². The zero-order valence-electron chi connectivity index (χ0n) is 12.3. The van der Waals surface area contributed by atoms with Crippen LogP contribution in [0.15, 0.2) is 47.8 Å². The van der Waals surface area contributed by atoms with Crippen LogP contribution in [-0.2, 0) is 0 Å². The van der Waals surface area contributed by atoms with Crippen LogP contribution in [0.4, 0.5) is 0 Å². The molecule has 5 nitrogen and oxygen atoms in total. The number of nitrogens with one attached hydrogen (secondary N) is 2. The summed E-state index contributed by atoms with van der Waals surface area (Å²) in [6, 6.07) is 13.7. The third-order valence-electron chi connectivity index (χ3n) is 3.91. The maximum atomic E-state index is 12.3. The molecule has 1 aliphatic heterocycles. The Hall–Kier alpha value is -2.60. The Morgan fingerprint density at radius 3 is 3.13 bits per heavy atom. The van der Waals surface area contributed by atoms with Crippen molar-refractivity contribution in [2.24, 2.45) is 0 Å². The van der Waals surface area contributed by atoms with Crippen molar-refractivity contribution in [1.82, 2.24) is 15.5 Å². The molecule has 4 rings (SSSR count). The van der Waals surface area contributed by atoms with Crippen molar-refractivity contribution in [3.05, 3.63) is 59.1 Å². The van der Waals surface area contributed by atoms with Crippen molar-refractivity contribution in [2.75, 3.05) is 13.2 Å². The van der Waals surface area contributed by atoms with Gasteiger partial charge < -0.3 is 10.1 Å². The highest BCUT2D eigenvalue weighted by molar-refractivity contribution is 7.13. The summed E-state index contributed by atoms with van der Waals surface area (Å²) in [6.07, 6.45) is 0. The van der Waals surface area contributed by atoms with Gasteiger partial charge in [0.15, 0.2) is 5.69 Å². The first-order valence-corrected chi connectivity index (χ1v) is 8.28. The number of benzene rings is 1. The molecule has 0 unspecified atom stereocenters. The first-order valence-electron chi connectivity index (χ1n) is 7.40. The summed E-state index contributed by atoms with van der Waals surface area (Å²) in [5, 5.41) is 11.9.